The van der Waals surface area contributed by atoms with E-state index in [1.165, 1.54) is 6.07 Å². The molecule has 0 bridgehead atoms. The molecule has 0 aliphatic rings. The van der Waals surface area contributed by atoms with Crippen molar-refractivity contribution in [2.24, 2.45) is 0 Å². The van der Waals surface area contributed by atoms with Crippen LogP contribution in [0.3, 0.4) is 0 Å². The van der Waals surface area contributed by atoms with E-state index in [9.17, 15) is 9.90 Å². The molecule has 0 aliphatic carbocycles. The van der Waals surface area contributed by atoms with Gasteiger partial charge in [0.2, 0.25) is 0 Å². The average Bonchev–Trinajstić information content (AvgIpc) is 2.36. The van der Waals surface area contributed by atoms with E-state index >= 15 is 0 Å². The lowest BCUT2D eigenvalue weighted by molar-refractivity contribution is 0.0243. The summed E-state index contributed by atoms with van der Waals surface area (Å²) in [5, 5.41) is 13.4. The maximum atomic E-state index is 11.9. The highest BCUT2D eigenvalue weighted by Gasteiger charge is 2.21. The summed E-state index contributed by atoms with van der Waals surface area (Å²) in [5.41, 5.74) is -0.742. The summed E-state index contributed by atoms with van der Waals surface area (Å²) in [6, 6.07) is 4.65. The third kappa shape index (κ3) is 5.37. The Bertz CT molecular complexity index is 450. The van der Waals surface area contributed by atoms with Crippen molar-refractivity contribution in [1.29, 1.82) is 0 Å². The standard InChI is InChI=1S/C13H17Cl2NO3/c1-13(18,5-6-19-2)8-16-12(17)10-7-9(14)3-4-11(10)15/h3-4,7,18H,5-6,8H2,1-2H3,(H,16,17). The fourth-order valence-electron chi connectivity index (χ4n) is 1.45. The number of nitrogens with one attached hydrogen (secondary N) is 1. The third-order valence-corrected chi connectivity index (χ3v) is 3.21. The Kier molecular flexibility index (Phi) is 6.07. The van der Waals surface area contributed by atoms with Crippen molar-refractivity contribution in [1.82, 2.24) is 5.32 Å². The second kappa shape index (κ2) is 7.10. The van der Waals surface area contributed by atoms with Crippen molar-refractivity contribution < 1.29 is 14.6 Å². The molecule has 1 aromatic rings. The molecular weight excluding hydrogens is 289 g/mol. The Morgan fingerprint density at radius 2 is 2.16 bits per heavy atom. The minimum atomic E-state index is -1.03. The van der Waals surface area contributed by atoms with Gasteiger partial charge in [0.25, 0.3) is 5.91 Å². The molecule has 4 nitrogen and oxygen atoms in total. The summed E-state index contributed by atoms with van der Waals surface area (Å²) >= 11 is 11.7. The molecule has 1 rings (SSSR count). The molecule has 0 fully saturated rings. The summed E-state index contributed by atoms with van der Waals surface area (Å²) in [7, 11) is 1.56. The minimum Gasteiger partial charge on any atom is -0.388 e. The molecule has 1 unspecified atom stereocenters. The predicted molar refractivity (Wildman–Crippen MR) is 75.9 cm³/mol. The van der Waals surface area contributed by atoms with Gasteiger partial charge in [-0.3, -0.25) is 4.79 Å². The van der Waals surface area contributed by atoms with Crippen molar-refractivity contribution >= 4 is 29.1 Å². The first-order chi connectivity index (χ1) is 8.85. The number of carbonyl (C=O) groups is 1. The molecule has 2 N–H and O–H groups in total. The quantitative estimate of drug-likeness (QED) is 0.849. The van der Waals surface area contributed by atoms with Crippen LogP contribution in [0.2, 0.25) is 10.0 Å². The number of rotatable bonds is 6. The highest BCUT2D eigenvalue weighted by Crippen LogP contribution is 2.20. The Labute approximate surface area is 122 Å². The van der Waals surface area contributed by atoms with Gasteiger partial charge in [-0.1, -0.05) is 23.2 Å². The Morgan fingerprint density at radius 3 is 2.79 bits per heavy atom. The van der Waals surface area contributed by atoms with Crippen LogP contribution in [0.25, 0.3) is 0 Å². The Balaban J connectivity index is 2.62. The zero-order chi connectivity index (χ0) is 14.5. The number of methoxy groups -OCH3 is 1. The second-order valence-corrected chi connectivity index (χ2v) is 5.39. The smallest absolute Gasteiger partial charge is 0.252 e. The minimum absolute atomic E-state index is 0.109. The summed E-state index contributed by atoms with van der Waals surface area (Å²) in [6.07, 6.45) is 0.424. The molecule has 6 heteroatoms. The molecule has 0 spiro atoms. The van der Waals surface area contributed by atoms with Gasteiger partial charge in [0.15, 0.2) is 0 Å². The Hall–Kier alpha value is -0.810. The number of hydrogen-bond donors (Lipinski definition) is 2. The van der Waals surface area contributed by atoms with E-state index < -0.39 is 5.60 Å². The van der Waals surface area contributed by atoms with Gasteiger partial charge in [-0.25, -0.2) is 0 Å². The number of amides is 1. The summed E-state index contributed by atoms with van der Waals surface area (Å²) in [6.45, 7) is 2.16. The van der Waals surface area contributed by atoms with Crippen LogP contribution in [0.15, 0.2) is 18.2 Å². The lowest BCUT2D eigenvalue weighted by atomic mass is 10.0. The van der Waals surface area contributed by atoms with Crippen LogP contribution in [0, 0.1) is 0 Å². The van der Waals surface area contributed by atoms with Gasteiger partial charge in [-0.15, -0.1) is 0 Å². The van der Waals surface area contributed by atoms with Crippen molar-refractivity contribution in [2.45, 2.75) is 18.9 Å². The van der Waals surface area contributed by atoms with Crippen molar-refractivity contribution in [3.05, 3.63) is 33.8 Å². The molecule has 0 aliphatic heterocycles. The second-order valence-electron chi connectivity index (χ2n) is 4.55. The number of halogens is 2. The van der Waals surface area contributed by atoms with Gasteiger partial charge in [-0.05, 0) is 25.1 Å². The van der Waals surface area contributed by atoms with E-state index in [4.69, 9.17) is 27.9 Å². The van der Waals surface area contributed by atoms with Crippen LogP contribution in [-0.4, -0.2) is 36.9 Å². The van der Waals surface area contributed by atoms with E-state index in [1.54, 1.807) is 26.2 Å². The lowest BCUT2D eigenvalue weighted by Gasteiger charge is -2.23. The summed E-state index contributed by atoms with van der Waals surface area (Å²) in [4.78, 5) is 11.9. The van der Waals surface area contributed by atoms with Crippen molar-refractivity contribution in [3.63, 3.8) is 0 Å². The number of hydrogen-bond acceptors (Lipinski definition) is 3. The van der Waals surface area contributed by atoms with E-state index in [-0.39, 0.29) is 18.0 Å². The number of benzene rings is 1. The fraction of sp³-hybridized carbons (Fsp3) is 0.462. The third-order valence-electron chi connectivity index (χ3n) is 2.65. The van der Waals surface area contributed by atoms with Gasteiger partial charge < -0.3 is 15.2 Å². The molecule has 1 aromatic carbocycles. The zero-order valence-electron chi connectivity index (χ0n) is 10.9. The zero-order valence-corrected chi connectivity index (χ0v) is 12.4. The van der Waals surface area contributed by atoms with E-state index in [2.05, 4.69) is 5.32 Å². The largest absolute Gasteiger partial charge is 0.388 e. The molecule has 0 saturated carbocycles. The summed E-state index contributed by atoms with van der Waals surface area (Å²) in [5.74, 6) is -0.370. The van der Waals surface area contributed by atoms with Crippen LogP contribution in [-0.2, 0) is 4.74 Å². The normalized spacial score (nSPS) is 13.9. The Morgan fingerprint density at radius 1 is 1.47 bits per heavy atom. The molecule has 1 amide bonds. The first kappa shape index (κ1) is 16.2. The van der Waals surface area contributed by atoms with Gasteiger partial charge in [0, 0.05) is 31.7 Å². The maximum Gasteiger partial charge on any atom is 0.252 e. The first-order valence-corrected chi connectivity index (χ1v) is 6.56. The van der Waals surface area contributed by atoms with E-state index in [0.29, 0.717) is 23.1 Å². The molecule has 0 saturated heterocycles. The highest BCUT2D eigenvalue weighted by molar-refractivity contribution is 6.35. The van der Waals surface area contributed by atoms with Gasteiger partial charge in [0.1, 0.15) is 0 Å². The highest BCUT2D eigenvalue weighted by atomic mass is 35.5. The van der Waals surface area contributed by atoms with E-state index in [1.807, 2.05) is 0 Å². The molecular formula is C13H17Cl2NO3. The molecule has 1 atom stereocenters. The molecule has 0 radical (unpaired) electrons. The topological polar surface area (TPSA) is 58.6 Å². The monoisotopic (exact) mass is 305 g/mol. The number of ether oxygens (including phenoxy) is 1. The SMILES string of the molecule is COCCC(C)(O)CNC(=O)c1cc(Cl)ccc1Cl. The predicted octanol–water partition coefficient (Wildman–Crippen LogP) is 2.51. The van der Waals surface area contributed by atoms with Gasteiger partial charge in [-0.2, -0.15) is 0 Å². The fourth-order valence-corrected chi connectivity index (χ4v) is 1.82. The molecule has 0 heterocycles. The first-order valence-electron chi connectivity index (χ1n) is 5.80. The summed E-state index contributed by atoms with van der Waals surface area (Å²) < 4.78 is 4.89. The molecule has 0 aromatic heterocycles. The van der Waals surface area contributed by atoms with Crippen molar-refractivity contribution in [2.75, 3.05) is 20.3 Å². The van der Waals surface area contributed by atoms with Gasteiger partial charge >= 0.3 is 0 Å². The van der Waals surface area contributed by atoms with Crippen molar-refractivity contribution in [3.8, 4) is 0 Å². The maximum absolute atomic E-state index is 11.9. The van der Waals surface area contributed by atoms with Crippen LogP contribution in [0.5, 0.6) is 0 Å². The van der Waals surface area contributed by atoms with Crippen LogP contribution < -0.4 is 5.32 Å². The lowest BCUT2D eigenvalue weighted by Crippen LogP contribution is -2.41. The molecule has 106 valence electrons. The van der Waals surface area contributed by atoms with E-state index in [0.717, 1.165) is 0 Å². The van der Waals surface area contributed by atoms with Crippen LogP contribution in [0.1, 0.15) is 23.7 Å². The number of aliphatic hydroxyl groups is 1. The average molecular weight is 306 g/mol. The van der Waals surface area contributed by atoms with Gasteiger partial charge in [0.05, 0.1) is 16.2 Å². The van der Waals surface area contributed by atoms with Crippen LogP contribution in [0.4, 0.5) is 0 Å². The number of carbonyl (C=O) groups excluding carboxylic acids is 1. The van der Waals surface area contributed by atoms with Crippen LogP contribution >= 0.6 is 23.2 Å². The molecule has 19 heavy (non-hydrogen) atoms.